The highest BCUT2D eigenvalue weighted by atomic mass is 32.2. The fraction of sp³-hybridized carbons (Fsp3) is 0.130. The van der Waals surface area contributed by atoms with E-state index in [0.29, 0.717) is 34.1 Å². The molecule has 34 heavy (non-hydrogen) atoms. The molecule has 0 bridgehead atoms. The standard InChI is InChI=1S/C23H23N7O3S/c1-13(2)34(31,32)17-9-5-15(6-10-17)19-12-27-22(24)21(29-19)20-11-18(30-33-20)14-3-7-16(8-4-14)28-23(25)26/h3-13H,1-2H3,(H2,24,27)(H4,25,26,28). The number of guanidine groups is 1. The second-order valence-electron chi connectivity index (χ2n) is 7.80. The molecule has 2 heterocycles. The summed E-state index contributed by atoms with van der Waals surface area (Å²) in [6.45, 7) is 3.29. The van der Waals surface area contributed by atoms with Crippen LogP contribution >= 0.6 is 0 Å². The van der Waals surface area contributed by atoms with Gasteiger partial charge in [-0.05, 0) is 38.1 Å². The Balaban J connectivity index is 1.62. The smallest absolute Gasteiger partial charge is 0.190 e. The van der Waals surface area contributed by atoms with Crippen LogP contribution in [0, 0.1) is 5.41 Å². The highest BCUT2D eigenvalue weighted by Gasteiger charge is 2.20. The van der Waals surface area contributed by atoms with Crippen molar-refractivity contribution in [1.29, 1.82) is 5.41 Å². The number of hydrogen-bond donors (Lipinski definition) is 4. The average Bonchev–Trinajstić information content (AvgIpc) is 3.29. The molecular weight excluding hydrogens is 454 g/mol. The fourth-order valence-electron chi connectivity index (χ4n) is 3.21. The van der Waals surface area contributed by atoms with Crippen LogP contribution in [0.15, 0.2) is 70.2 Å². The Morgan fingerprint density at radius 1 is 1.03 bits per heavy atom. The number of sulfone groups is 1. The summed E-state index contributed by atoms with van der Waals surface area (Å²) in [6.07, 6.45) is 1.52. The van der Waals surface area contributed by atoms with E-state index in [1.807, 2.05) is 12.1 Å². The number of benzene rings is 2. The predicted octanol–water partition coefficient (Wildman–Crippen LogP) is 3.54. The zero-order valence-corrected chi connectivity index (χ0v) is 19.3. The lowest BCUT2D eigenvalue weighted by Crippen LogP contribution is -2.20. The number of aromatic nitrogens is 3. The Morgan fingerprint density at radius 3 is 2.26 bits per heavy atom. The molecule has 0 fully saturated rings. The van der Waals surface area contributed by atoms with E-state index < -0.39 is 15.1 Å². The molecule has 4 rings (SSSR count). The first-order chi connectivity index (χ1) is 16.1. The Labute approximate surface area is 196 Å². The van der Waals surface area contributed by atoms with Crippen molar-refractivity contribution in [2.45, 2.75) is 24.0 Å². The van der Waals surface area contributed by atoms with Gasteiger partial charge in [-0.15, -0.1) is 0 Å². The van der Waals surface area contributed by atoms with Crippen molar-refractivity contribution >= 4 is 27.3 Å². The van der Waals surface area contributed by atoms with Gasteiger partial charge < -0.3 is 21.3 Å². The number of nitrogens with one attached hydrogen (secondary N) is 2. The van der Waals surface area contributed by atoms with E-state index in [1.165, 1.54) is 6.20 Å². The van der Waals surface area contributed by atoms with Gasteiger partial charge in [-0.3, -0.25) is 5.41 Å². The summed E-state index contributed by atoms with van der Waals surface area (Å²) in [4.78, 5) is 9.05. The third-order valence-corrected chi connectivity index (χ3v) is 7.27. The SMILES string of the molecule is CC(C)S(=O)(=O)c1ccc(-c2cnc(N)c(-c3cc(-c4ccc(NC(=N)N)cc4)no3)n2)cc1. The first kappa shape index (κ1) is 22.9. The molecule has 4 aromatic rings. The molecule has 2 aromatic carbocycles. The van der Waals surface area contributed by atoms with E-state index in [2.05, 4.69) is 20.4 Å². The van der Waals surface area contributed by atoms with Gasteiger partial charge >= 0.3 is 0 Å². The topological polar surface area (TPSA) is 174 Å². The quantitative estimate of drug-likeness (QED) is 0.239. The molecule has 0 saturated carbocycles. The van der Waals surface area contributed by atoms with Crippen molar-refractivity contribution in [2.75, 3.05) is 11.1 Å². The Morgan fingerprint density at radius 2 is 1.65 bits per heavy atom. The summed E-state index contributed by atoms with van der Waals surface area (Å²) < 4.78 is 30.2. The normalized spacial score (nSPS) is 11.5. The Hall–Kier alpha value is -4.25. The molecule has 10 nitrogen and oxygen atoms in total. The van der Waals surface area contributed by atoms with Gasteiger partial charge in [-0.2, -0.15) is 0 Å². The molecule has 0 unspecified atom stereocenters. The van der Waals surface area contributed by atoms with Gasteiger partial charge in [0.05, 0.1) is 22.0 Å². The largest absolute Gasteiger partial charge is 0.382 e. The molecule has 0 saturated heterocycles. The van der Waals surface area contributed by atoms with E-state index in [9.17, 15) is 8.42 Å². The molecule has 0 spiro atoms. The summed E-state index contributed by atoms with van der Waals surface area (Å²) in [7, 11) is -3.37. The van der Waals surface area contributed by atoms with Gasteiger partial charge in [0.15, 0.2) is 33.1 Å². The van der Waals surface area contributed by atoms with E-state index >= 15 is 0 Å². The Bertz CT molecular complexity index is 1440. The van der Waals surface area contributed by atoms with Crippen LogP contribution in [0.4, 0.5) is 11.5 Å². The van der Waals surface area contributed by atoms with Crippen LogP contribution in [0.2, 0.25) is 0 Å². The van der Waals surface area contributed by atoms with Crippen LogP contribution in [-0.4, -0.2) is 34.8 Å². The molecule has 174 valence electrons. The molecule has 6 N–H and O–H groups in total. The lowest BCUT2D eigenvalue weighted by atomic mass is 10.1. The number of nitrogens with zero attached hydrogens (tertiary/aromatic N) is 3. The van der Waals surface area contributed by atoms with E-state index in [0.717, 1.165) is 5.56 Å². The number of nitrogens with two attached hydrogens (primary N) is 2. The van der Waals surface area contributed by atoms with Gasteiger partial charge in [0.1, 0.15) is 5.69 Å². The van der Waals surface area contributed by atoms with E-state index in [4.69, 9.17) is 21.4 Å². The number of nitrogen functional groups attached to an aromatic ring is 1. The molecule has 0 aliphatic rings. The maximum atomic E-state index is 12.4. The minimum atomic E-state index is -3.37. The summed E-state index contributed by atoms with van der Waals surface area (Å²) >= 11 is 0. The third-order valence-electron chi connectivity index (χ3n) is 5.10. The van der Waals surface area contributed by atoms with Crippen LogP contribution in [0.25, 0.3) is 34.0 Å². The highest BCUT2D eigenvalue weighted by Crippen LogP contribution is 2.30. The second-order valence-corrected chi connectivity index (χ2v) is 10.3. The minimum absolute atomic E-state index is 0.151. The minimum Gasteiger partial charge on any atom is -0.382 e. The zero-order valence-electron chi connectivity index (χ0n) is 18.5. The third kappa shape index (κ3) is 4.59. The lowest BCUT2D eigenvalue weighted by molar-refractivity contribution is 0.434. The number of anilines is 2. The van der Waals surface area contributed by atoms with Gasteiger partial charge in [0, 0.05) is 22.9 Å². The van der Waals surface area contributed by atoms with Crippen molar-refractivity contribution in [3.63, 3.8) is 0 Å². The van der Waals surface area contributed by atoms with Gasteiger partial charge in [-0.1, -0.05) is 29.4 Å². The van der Waals surface area contributed by atoms with Crippen molar-refractivity contribution in [2.24, 2.45) is 5.73 Å². The second kappa shape index (κ2) is 8.94. The molecule has 0 amide bonds. The Kier molecular flexibility index (Phi) is 6.03. The van der Waals surface area contributed by atoms with Crippen molar-refractivity contribution in [1.82, 2.24) is 15.1 Å². The van der Waals surface area contributed by atoms with Crippen LogP contribution in [0.1, 0.15) is 13.8 Å². The van der Waals surface area contributed by atoms with E-state index in [-0.39, 0.29) is 16.7 Å². The van der Waals surface area contributed by atoms with Crippen LogP contribution in [0.3, 0.4) is 0 Å². The molecule has 2 aromatic heterocycles. The van der Waals surface area contributed by atoms with Crippen molar-refractivity contribution in [3.05, 3.63) is 60.8 Å². The first-order valence-corrected chi connectivity index (χ1v) is 11.8. The summed E-state index contributed by atoms with van der Waals surface area (Å²) in [5.74, 6) is 0.361. The summed E-state index contributed by atoms with van der Waals surface area (Å²) in [6, 6.07) is 15.3. The molecule has 0 aliphatic carbocycles. The van der Waals surface area contributed by atoms with Crippen LogP contribution in [0.5, 0.6) is 0 Å². The number of hydrogen-bond acceptors (Lipinski definition) is 8. The van der Waals surface area contributed by atoms with Gasteiger partial charge in [0.25, 0.3) is 0 Å². The highest BCUT2D eigenvalue weighted by molar-refractivity contribution is 7.92. The molecular formula is C23H23N7O3S. The summed E-state index contributed by atoms with van der Waals surface area (Å²) in [5.41, 5.74) is 14.9. The van der Waals surface area contributed by atoms with E-state index in [1.54, 1.807) is 56.3 Å². The fourth-order valence-corrected chi connectivity index (χ4v) is 4.27. The molecule has 0 atom stereocenters. The van der Waals surface area contributed by atoms with Crippen molar-refractivity contribution < 1.29 is 12.9 Å². The predicted molar refractivity (Wildman–Crippen MR) is 131 cm³/mol. The summed E-state index contributed by atoms with van der Waals surface area (Å²) in [5, 5.41) is 13.6. The first-order valence-electron chi connectivity index (χ1n) is 10.3. The molecule has 0 aliphatic heterocycles. The van der Waals surface area contributed by atoms with Crippen LogP contribution < -0.4 is 16.8 Å². The monoisotopic (exact) mass is 477 g/mol. The maximum Gasteiger partial charge on any atom is 0.190 e. The maximum absolute atomic E-state index is 12.4. The van der Waals surface area contributed by atoms with Gasteiger partial charge in [-0.25, -0.2) is 18.4 Å². The van der Waals surface area contributed by atoms with Gasteiger partial charge in [0.2, 0.25) is 0 Å². The number of rotatable bonds is 6. The average molecular weight is 478 g/mol. The van der Waals surface area contributed by atoms with Crippen molar-refractivity contribution in [3.8, 4) is 34.0 Å². The zero-order chi connectivity index (χ0) is 24.5. The van der Waals surface area contributed by atoms with Crippen LogP contribution in [-0.2, 0) is 9.84 Å². The molecule has 0 radical (unpaired) electrons. The lowest BCUT2D eigenvalue weighted by Gasteiger charge is -2.09. The molecule has 11 heteroatoms.